The maximum Gasteiger partial charge on any atom is 0.336 e. The molecule has 0 saturated carbocycles. The summed E-state index contributed by atoms with van der Waals surface area (Å²) >= 11 is 0. The number of fused-ring (bicyclic) bond motifs is 1. The standard InChI is InChI=1S/C22H32N6O3/c1-4-6-18(9-10-29)31-22-26-20(23)21-25-13-17(28(21)27-22)11-16-7-8-19(24-12-16)30-14-15(3)5-2/h7-8,12-13,15,18,29H,4-6,9-11,14H2,1-3H3,(H2,23,26,27). The third-order valence-corrected chi connectivity index (χ3v) is 5.17. The summed E-state index contributed by atoms with van der Waals surface area (Å²) in [6.45, 7) is 7.06. The lowest BCUT2D eigenvalue weighted by Gasteiger charge is -2.16. The topological polar surface area (TPSA) is 121 Å². The van der Waals surface area contributed by atoms with Crippen LogP contribution in [0, 0.1) is 5.92 Å². The van der Waals surface area contributed by atoms with Gasteiger partial charge in [0.05, 0.1) is 18.5 Å². The number of aromatic nitrogens is 5. The molecule has 3 heterocycles. The van der Waals surface area contributed by atoms with E-state index in [9.17, 15) is 5.11 Å². The quantitative estimate of drug-likeness (QED) is 0.451. The minimum atomic E-state index is -0.161. The van der Waals surface area contributed by atoms with Crippen molar-refractivity contribution in [3.05, 3.63) is 35.8 Å². The zero-order valence-corrected chi connectivity index (χ0v) is 18.5. The highest BCUT2D eigenvalue weighted by atomic mass is 16.5. The van der Waals surface area contributed by atoms with Gasteiger partial charge < -0.3 is 20.3 Å². The predicted molar refractivity (Wildman–Crippen MR) is 118 cm³/mol. The maximum atomic E-state index is 9.26. The van der Waals surface area contributed by atoms with Crippen molar-refractivity contribution in [3.63, 3.8) is 0 Å². The predicted octanol–water partition coefficient (Wildman–Crippen LogP) is 3.05. The second kappa shape index (κ2) is 10.9. The Labute approximate surface area is 182 Å². The third-order valence-electron chi connectivity index (χ3n) is 5.17. The first-order valence-electron chi connectivity index (χ1n) is 10.9. The number of aliphatic hydroxyl groups is 1. The van der Waals surface area contributed by atoms with Crippen LogP contribution in [0.25, 0.3) is 5.65 Å². The molecule has 168 valence electrons. The monoisotopic (exact) mass is 428 g/mol. The summed E-state index contributed by atoms with van der Waals surface area (Å²) in [5.74, 6) is 1.37. The molecule has 31 heavy (non-hydrogen) atoms. The molecule has 2 atom stereocenters. The average Bonchev–Trinajstić information content (AvgIpc) is 3.16. The smallest absolute Gasteiger partial charge is 0.336 e. The summed E-state index contributed by atoms with van der Waals surface area (Å²) in [5.41, 5.74) is 8.41. The van der Waals surface area contributed by atoms with Crippen LogP contribution in [-0.4, -0.2) is 49.0 Å². The highest BCUT2D eigenvalue weighted by molar-refractivity contribution is 5.59. The molecular weight excluding hydrogens is 396 g/mol. The van der Waals surface area contributed by atoms with E-state index in [1.165, 1.54) is 0 Å². The van der Waals surface area contributed by atoms with Gasteiger partial charge in [0.25, 0.3) is 0 Å². The van der Waals surface area contributed by atoms with Gasteiger partial charge in [0, 0.05) is 31.7 Å². The van der Waals surface area contributed by atoms with Gasteiger partial charge in [-0.05, 0) is 17.9 Å². The van der Waals surface area contributed by atoms with E-state index in [0.717, 1.165) is 30.5 Å². The Kier molecular flexibility index (Phi) is 8.00. The summed E-state index contributed by atoms with van der Waals surface area (Å²) in [4.78, 5) is 13.0. The second-order valence-corrected chi connectivity index (χ2v) is 7.81. The van der Waals surface area contributed by atoms with Gasteiger partial charge in [0.15, 0.2) is 11.5 Å². The van der Waals surface area contributed by atoms with Gasteiger partial charge in [0.1, 0.15) is 6.10 Å². The normalized spacial score (nSPS) is 13.3. The van der Waals surface area contributed by atoms with Gasteiger partial charge in [0.2, 0.25) is 5.88 Å². The van der Waals surface area contributed by atoms with Gasteiger partial charge in [-0.3, -0.25) is 0 Å². The minimum Gasteiger partial charge on any atom is -0.477 e. The minimum absolute atomic E-state index is 0.0444. The Balaban J connectivity index is 1.75. The fraction of sp³-hybridized carbons (Fsp3) is 0.545. The Bertz CT molecular complexity index is 954. The molecule has 0 fully saturated rings. The summed E-state index contributed by atoms with van der Waals surface area (Å²) in [6, 6.07) is 4.05. The van der Waals surface area contributed by atoms with Crippen LogP contribution < -0.4 is 15.2 Å². The molecule has 0 radical (unpaired) electrons. The maximum absolute atomic E-state index is 9.26. The van der Waals surface area contributed by atoms with Crippen LogP contribution in [0.15, 0.2) is 24.5 Å². The summed E-state index contributed by atoms with van der Waals surface area (Å²) in [5, 5.41) is 13.7. The van der Waals surface area contributed by atoms with Crippen molar-refractivity contribution in [3.8, 4) is 11.9 Å². The highest BCUT2D eigenvalue weighted by Gasteiger charge is 2.16. The highest BCUT2D eigenvalue weighted by Crippen LogP contribution is 2.19. The van der Waals surface area contributed by atoms with E-state index in [1.807, 2.05) is 12.1 Å². The number of rotatable bonds is 12. The summed E-state index contributed by atoms with van der Waals surface area (Å²) in [7, 11) is 0. The van der Waals surface area contributed by atoms with Gasteiger partial charge in [-0.2, -0.15) is 4.98 Å². The summed E-state index contributed by atoms with van der Waals surface area (Å²) < 4.78 is 13.3. The summed E-state index contributed by atoms with van der Waals surface area (Å²) in [6.07, 6.45) is 7.26. The molecule has 9 heteroatoms. The lowest BCUT2D eigenvalue weighted by atomic mass is 10.1. The number of ether oxygens (including phenoxy) is 2. The van der Waals surface area contributed by atoms with Crippen LogP contribution in [0.1, 0.15) is 57.7 Å². The SMILES string of the molecule is CCCC(CCO)Oc1nc(N)c2ncc(Cc3ccc(OCC(C)CC)nc3)n2n1. The molecule has 0 saturated heterocycles. The number of anilines is 1. The molecule has 2 unspecified atom stereocenters. The van der Waals surface area contributed by atoms with Crippen LogP contribution >= 0.6 is 0 Å². The average molecular weight is 429 g/mol. The molecule has 0 aliphatic carbocycles. The molecule has 0 amide bonds. The fourth-order valence-corrected chi connectivity index (χ4v) is 3.13. The van der Waals surface area contributed by atoms with E-state index in [4.69, 9.17) is 15.2 Å². The van der Waals surface area contributed by atoms with Gasteiger partial charge >= 0.3 is 6.01 Å². The van der Waals surface area contributed by atoms with E-state index >= 15 is 0 Å². The molecule has 0 aromatic carbocycles. The van der Waals surface area contributed by atoms with E-state index in [0.29, 0.717) is 36.9 Å². The van der Waals surface area contributed by atoms with E-state index in [1.54, 1.807) is 16.9 Å². The molecule has 3 N–H and O–H groups in total. The van der Waals surface area contributed by atoms with Crippen molar-refractivity contribution >= 4 is 11.5 Å². The lowest BCUT2D eigenvalue weighted by Crippen LogP contribution is -2.20. The number of nitrogens with two attached hydrogens (primary N) is 1. The Morgan fingerprint density at radius 2 is 2.00 bits per heavy atom. The molecule has 3 aromatic heterocycles. The number of hydrogen-bond acceptors (Lipinski definition) is 8. The molecule has 9 nitrogen and oxygen atoms in total. The van der Waals surface area contributed by atoms with E-state index in [2.05, 4.69) is 40.8 Å². The van der Waals surface area contributed by atoms with Gasteiger partial charge in [-0.25, -0.2) is 14.5 Å². The van der Waals surface area contributed by atoms with Crippen LogP contribution in [0.3, 0.4) is 0 Å². The molecule has 3 rings (SSSR count). The zero-order valence-electron chi connectivity index (χ0n) is 18.5. The van der Waals surface area contributed by atoms with Crippen LogP contribution in [-0.2, 0) is 6.42 Å². The number of pyridine rings is 1. The lowest BCUT2D eigenvalue weighted by molar-refractivity contribution is 0.133. The van der Waals surface area contributed by atoms with Crippen molar-refractivity contribution in [1.82, 2.24) is 24.6 Å². The molecule has 0 bridgehead atoms. The third kappa shape index (κ3) is 6.04. The molecule has 0 aliphatic rings. The van der Waals surface area contributed by atoms with Crippen molar-refractivity contribution in [1.29, 1.82) is 0 Å². The van der Waals surface area contributed by atoms with Crippen LogP contribution in [0.5, 0.6) is 11.9 Å². The van der Waals surface area contributed by atoms with Crippen LogP contribution in [0.4, 0.5) is 5.82 Å². The molecule has 0 spiro atoms. The van der Waals surface area contributed by atoms with Crippen molar-refractivity contribution in [2.75, 3.05) is 18.9 Å². The van der Waals surface area contributed by atoms with E-state index in [-0.39, 0.29) is 24.5 Å². The number of aliphatic hydroxyl groups excluding tert-OH is 1. The largest absolute Gasteiger partial charge is 0.477 e. The van der Waals surface area contributed by atoms with Crippen LogP contribution in [0.2, 0.25) is 0 Å². The van der Waals surface area contributed by atoms with E-state index < -0.39 is 0 Å². The number of nitrogen functional groups attached to an aromatic ring is 1. The zero-order chi connectivity index (χ0) is 22.2. The second-order valence-electron chi connectivity index (χ2n) is 7.81. The number of nitrogens with zero attached hydrogens (tertiary/aromatic N) is 5. The first kappa shape index (κ1) is 22.7. The Morgan fingerprint density at radius 1 is 1.16 bits per heavy atom. The Hall–Kier alpha value is -2.94. The first-order chi connectivity index (χ1) is 15.0. The first-order valence-corrected chi connectivity index (χ1v) is 10.9. The van der Waals surface area contributed by atoms with Gasteiger partial charge in [-0.15, -0.1) is 5.10 Å². The number of imidazole rings is 1. The molecule has 0 aliphatic heterocycles. The Morgan fingerprint density at radius 3 is 2.68 bits per heavy atom. The van der Waals surface area contributed by atoms with Crippen molar-refractivity contribution in [2.45, 2.75) is 59.0 Å². The van der Waals surface area contributed by atoms with Crippen molar-refractivity contribution < 1.29 is 14.6 Å². The molecule has 3 aromatic rings. The number of hydrogen-bond donors (Lipinski definition) is 2. The molecular formula is C22H32N6O3. The fourth-order valence-electron chi connectivity index (χ4n) is 3.13. The van der Waals surface area contributed by atoms with Gasteiger partial charge in [-0.1, -0.05) is 39.7 Å². The van der Waals surface area contributed by atoms with Crippen molar-refractivity contribution in [2.24, 2.45) is 5.92 Å².